The Kier molecular flexibility index (Phi) is 5.04. The molecule has 0 saturated heterocycles. The molecule has 0 heterocycles. The van der Waals surface area contributed by atoms with Gasteiger partial charge < -0.3 is 4.74 Å². The number of benzene rings is 1. The van der Waals surface area contributed by atoms with E-state index in [1.807, 2.05) is 6.07 Å². The molecule has 0 radical (unpaired) electrons. The third kappa shape index (κ3) is 3.73. The Balaban J connectivity index is 1.81. The van der Waals surface area contributed by atoms with E-state index in [0.717, 1.165) is 18.1 Å². The third-order valence-corrected chi connectivity index (χ3v) is 3.87. The number of hydrogen-bond acceptors (Lipinski definition) is 2. The van der Waals surface area contributed by atoms with Crippen LogP contribution in [0.5, 0.6) is 0 Å². The van der Waals surface area contributed by atoms with E-state index in [-0.39, 0.29) is 0 Å². The first-order valence-corrected chi connectivity index (χ1v) is 6.93. The van der Waals surface area contributed by atoms with E-state index in [2.05, 4.69) is 6.07 Å². The number of hydrogen-bond donors (Lipinski definition) is 0. The molecule has 0 amide bonds. The van der Waals surface area contributed by atoms with Crippen molar-refractivity contribution in [3.8, 4) is 6.07 Å². The summed E-state index contributed by atoms with van der Waals surface area (Å²) in [6.45, 7) is 1.37. The minimum absolute atomic E-state index is 0.543. The largest absolute Gasteiger partial charge is 0.376 e. The van der Waals surface area contributed by atoms with Gasteiger partial charge >= 0.3 is 0 Å². The van der Waals surface area contributed by atoms with Crippen molar-refractivity contribution in [2.45, 2.75) is 38.7 Å². The fourth-order valence-electron chi connectivity index (χ4n) is 2.42. The zero-order valence-corrected chi connectivity index (χ0v) is 11.2. The van der Waals surface area contributed by atoms with E-state index in [1.54, 1.807) is 12.1 Å². The molecule has 18 heavy (non-hydrogen) atoms. The van der Waals surface area contributed by atoms with Crippen molar-refractivity contribution in [3.05, 3.63) is 34.3 Å². The molecule has 0 bridgehead atoms. The maximum atomic E-state index is 8.76. The molecule has 0 atom stereocenters. The van der Waals surface area contributed by atoms with Crippen LogP contribution < -0.4 is 0 Å². The van der Waals surface area contributed by atoms with Crippen molar-refractivity contribution in [3.63, 3.8) is 0 Å². The lowest BCUT2D eigenvalue weighted by atomic mass is 9.90. The normalized spacial score (nSPS) is 16.4. The molecule has 2 rings (SSSR count). The Hall–Kier alpha value is -1.04. The highest BCUT2D eigenvalue weighted by Crippen LogP contribution is 2.24. The summed E-state index contributed by atoms with van der Waals surface area (Å²) < 4.78 is 5.75. The van der Waals surface area contributed by atoms with Gasteiger partial charge in [0.2, 0.25) is 0 Å². The van der Waals surface area contributed by atoms with E-state index in [1.165, 1.54) is 32.1 Å². The maximum Gasteiger partial charge on any atom is 0.0992 e. The summed E-state index contributed by atoms with van der Waals surface area (Å²) in [4.78, 5) is 0. The summed E-state index contributed by atoms with van der Waals surface area (Å²) in [6.07, 6.45) is 6.64. The lowest BCUT2D eigenvalue weighted by Gasteiger charge is -2.21. The van der Waals surface area contributed by atoms with Gasteiger partial charge in [-0.15, -0.1) is 0 Å². The minimum Gasteiger partial charge on any atom is -0.376 e. The zero-order valence-electron chi connectivity index (χ0n) is 10.5. The average Bonchev–Trinajstić information content (AvgIpc) is 2.42. The lowest BCUT2D eigenvalue weighted by Crippen LogP contribution is -2.13. The smallest absolute Gasteiger partial charge is 0.0992 e. The molecule has 3 heteroatoms. The standard InChI is InChI=1S/C15H18ClNO/c16-15-8-13(9-17)6-7-14(15)11-18-10-12-4-2-1-3-5-12/h6-8,12H,1-5,10-11H2. The first-order chi connectivity index (χ1) is 8.79. The second-order valence-electron chi connectivity index (χ2n) is 4.94. The predicted octanol–water partition coefficient (Wildman–Crippen LogP) is 4.31. The van der Waals surface area contributed by atoms with E-state index >= 15 is 0 Å². The van der Waals surface area contributed by atoms with Crippen molar-refractivity contribution in [1.82, 2.24) is 0 Å². The SMILES string of the molecule is N#Cc1ccc(COCC2CCCCC2)c(Cl)c1. The van der Waals surface area contributed by atoms with Gasteiger partial charge in [-0.3, -0.25) is 0 Å². The quantitative estimate of drug-likeness (QED) is 0.811. The van der Waals surface area contributed by atoms with Crippen molar-refractivity contribution in [2.24, 2.45) is 5.92 Å². The number of nitriles is 1. The van der Waals surface area contributed by atoms with Gasteiger partial charge in [-0.2, -0.15) is 5.26 Å². The van der Waals surface area contributed by atoms with Crippen LogP contribution in [0.25, 0.3) is 0 Å². The Morgan fingerprint density at radius 2 is 2.06 bits per heavy atom. The topological polar surface area (TPSA) is 33.0 Å². The predicted molar refractivity (Wildman–Crippen MR) is 72.4 cm³/mol. The van der Waals surface area contributed by atoms with Gasteiger partial charge in [-0.1, -0.05) is 36.9 Å². The van der Waals surface area contributed by atoms with Crippen LogP contribution in [0.2, 0.25) is 5.02 Å². The van der Waals surface area contributed by atoms with Crippen molar-refractivity contribution < 1.29 is 4.74 Å². The second-order valence-corrected chi connectivity index (χ2v) is 5.34. The molecule has 96 valence electrons. The van der Waals surface area contributed by atoms with Crippen LogP contribution in [0.15, 0.2) is 18.2 Å². The summed E-state index contributed by atoms with van der Waals surface area (Å²) in [6, 6.07) is 7.43. The first-order valence-electron chi connectivity index (χ1n) is 6.56. The van der Waals surface area contributed by atoms with Crippen LogP contribution in [0.3, 0.4) is 0 Å². The molecule has 1 aromatic rings. The van der Waals surface area contributed by atoms with E-state index in [0.29, 0.717) is 17.2 Å². The van der Waals surface area contributed by atoms with Crippen LogP contribution in [0.1, 0.15) is 43.2 Å². The molecule has 1 aromatic carbocycles. The summed E-state index contributed by atoms with van der Waals surface area (Å²) >= 11 is 6.10. The zero-order chi connectivity index (χ0) is 12.8. The Morgan fingerprint density at radius 3 is 2.72 bits per heavy atom. The molecule has 0 spiro atoms. The van der Waals surface area contributed by atoms with E-state index < -0.39 is 0 Å². The van der Waals surface area contributed by atoms with Gasteiger partial charge in [0.15, 0.2) is 0 Å². The fraction of sp³-hybridized carbons (Fsp3) is 0.533. The van der Waals surface area contributed by atoms with Crippen molar-refractivity contribution >= 4 is 11.6 Å². The number of ether oxygens (including phenoxy) is 1. The van der Waals surface area contributed by atoms with E-state index in [9.17, 15) is 0 Å². The molecule has 1 fully saturated rings. The monoisotopic (exact) mass is 263 g/mol. The molecule has 0 unspecified atom stereocenters. The summed E-state index contributed by atoms with van der Waals surface area (Å²) in [7, 11) is 0. The fourth-order valence-corrected chi connectivity index (χ4v) is 2.66. The lowest BCUT2D eigenvalue weighted by molar-refractivity contribution is 0.0739. The average molecular weight is 264 g/mol. The van der Waals surface area contributed by atoms with Crippen molar-refractivity contribution in [1.29, 1.82) is 5.26 Å². The summed E-state index contributed by atoms with van der Waals surface area (Å²) in [5, 5.41) is 9.38. The number of nitrogens with zero attached hydrogens (tertiary/aromatic N) is 1. The molecule has 1 aliphatic rings. The van der Waals surface area contributed by atoms with Gasteiger partial charge in [0.25, 0.3) is 0 Å². The maximum absolute atomic E-state index is 8.76. The van der Waals surface area contributed by atoms with Crippen molar-refractivity contribution in [2.75, 3.05) is 6.61 Å². The van der Waals surface area contributed by atoms with Gasteiger partial charge in [0, 0.05) is 11.6 Å². The van der Waals surface area contributed by atoms with Gasteiger partial charge in [0.1, 0.15) is 0 Å². The second kappa shape index (κ2) is 6.78. The molecule has 0 N–H and O–H groups in total. The molecular weight excluding hydrogens is 246 g/mol. The highest BCUT2D eigenvalue weighted by molar-refractivity contribution is 6.31. The van der Waals surface area contributed by atoms with Crippen LogP contribution in [0.4, 0.5) is 0 Å². The van der Waals surface area contributed by atoms with E-state index in [4.69, 9.17) is 21.6 Å². The molecule has 1 aliphatic carbocycles. The Bertz CT molecular complexity index is 433. The summed E-state index contributed by atoms with van der Waals surface area (Å²) in [5.74, 6) is 0.718. The Morgan fingerprint density at radius 1 is 1.28 bits per heavy atom. The molecule has 0 aromatic heterocycles. The van der Waals surface area contributed by atoms with Gasteiger partial charge in [-0.05, 0) is 36.5 Å². The van der Waals surface area contributed by atoms with Crippen LogP contribution in [-0.4, -0.2) is 6.61 Å². The first kappa shape index (κ1) is 13.4. The van der Waals surface area contributed by atoms with Gasteiger partial charge in [-0.25, -0.2) is 0 Å². The number of halogens is 1. The summed E-state index contributed by atoms with van der Waals surface area (Å²) in [5.41, 5.74) is 1.56. The highest BCUT2D eigenvalue weighted by atomic mass is 35.5. The van der Waals surface area contributed by atoms with Crippen LogP contribution >= 0.6 is 11.6 Å². The number of rotatable bonds is 4. The third-order valence-electron chi connectivity index (χ3n) is 3.52. The highest BCUT2D eigenvalue weighted by Gasteiger charge is 2.13. The molecule has 1 saturated carbocycles. The van der Waals surface area contributed by atoms with Crippen LogP contribution in [-0.2, 0) is 11.3 Å². The van der Waals surface area contributed by atoms with Crippen LogP contribution in [0, 0.1) is 17.2 Å². The molecule has 0 aliphatic heterocycles. The molecular formula is C15H18ClNO. The minimum atomic E-state index is 0.543. The molecule has 2 nitrogen and oxygen atoms in total. The Labute approximate surface area is 114 Å². The van der Waals surface area contributed by atoms with Gasteiger partial charge in [0.05, 0.1) is 18.2 Å².